The van der Waals surface area contributed by atoms with Gasteiger partial charge in [-0.15, -0.1) is 0 Å². The number of amides is 2. The highest BCUT2D eigenvalue weighted by Crippen LogP contribution is 2.24. The molecule has 0 heterocycles. The predicted octanol–water partition coefficient (Wildman–Crippen LogP) is 6.02. The second kappa shape index (κ2) is 12.0. The summed E-state index contributed by atoms with van der Waals surface area (Å²) in [6, 6.07) is 31.0. The van der Waals surface area contributed by atoms with E-state index < -0.39 is 0 Å². The third-order valence-electron chi connectivity index (χ3n) is 6.18. The summed E-state index contributed by atoms with van der Waals surface area (Å²) in [5, 5.41) is 3.00. The molecule has 0 aliphatic rings. The van der Waals surface area contributed by atoms with Gasteiger partial charge in [0.15, 0.2) is 0 Å². The van der Waals surface area contributed by atoms with Crippen molar-refractivity contribution < 1.29 is 14.3 Å². The molecule has 0 fully saturated rings. The minimum atomic E-state index is -0.138. The molecule has 0 saturated carbocycles. The average molecular weight is 493 g/mol. The van der Waals surface area contributed by atoms with Crippen molar-refractivity contribution in [1.29, 1.82) is 0 Å². The third kappa shape index (κ3) is 7.07. The Balaban J connectivity index is 1.55. The molecule has 4 aromatic rings. The first-order valence-corrected chi connectivity index (χ1v) is 12.3. The van der Waals surface area contributed by atoms with Gasteiger partial charge in [-0.3, -0.25) is 9.59 Å². The van der Waals surface area contributed by atoms with E-state index in [4.69, 9.17) is 4.74 Å². The number of hydrogen-bond donors (Lipinski definition) is 1. The van der Waals surface area contributed by atoms with Gasteiger partial charge in [-0.25, -0.2) is 0 Å². The van der Waals surface area contributed by atoms with Gasteiger partial charge in [0, 0.05) is 17.8 Å². The van der Waals surface area contributed by atoms with Gasteiger partial charge in [0.25, 0.3) is 5.91 Å². The Bertz CT molecular complexity index is 1380. The number of hydrogen-bond acceptors (Lipinski definition) is 3. The molecule has 2 amide bonds. The summed E-state index contributed by atoms with van der Waals surface area (Å²) in [7, 11) is 1.58. The van der Waals surface area contributed by atoms with Crippen molar-refractivity contribution in [1.82, 2.24) is 5.32 Å². The normalized spacial score (nSPS) is 10.6. The van der Waals surface area contributed by atoms with Crippen LogP contribution in [0.3, 0.4) is 0 Å². The van der Waals surface area contributed by atoms with E-state index in [1.54, 1.807) is 24.1 Å². The first-order chi connectivity index (χ1) is 17.9. The molecule has 0 bridgehead atoms. The largest absolute Gasteiger partial charge is 0.497 e. The fourth-order valence-corrected chi connectivity index (χ4v) is 4.17. The van der Waals surface area contributed by atoms with Crippen LogP contribution in [0, 0.1) is 13.8 Å². The van der Waals surface area contributed by atoms with Crippen molar-refractivity contribution in [2.24, 2.45) is 0 Å². The Labute approximate surface area is 218 Å². The van der Waals surface area contributed by atoms with E-state index in [9.17, 15) is 9.59 Å². The highest BCUT2D eigenvalue weighted by Gasteiger charge is 2.20. The molecular weight excluding hydrogens is 460 g/mol. The minimum Gasteiger partial charge on any atom is -0.497 e. The molecule has 188 valence electrons. The molecule has 0 radical (unpaired) electrons. The van der Waals surface area contributed by atoms with E-state index in [0.717, 1.165) is 33.5 Å². The van der Waals surface area contributed by atoms with Crippen molar-refractivity contribution in [2.45, 2.75) is 33.4 Å². The van der Waals surface area contributed by atoms with Gasteiger partial charge in [-0.1, -0.05) is 77.9 Å². The second-order valence-corrected chi connectivity index (χ2v) is 9.22. The number of rotatable bonds is 9. The summed E-state index contributed by atoms with van der Waals surface area (Å²) in [6.07, 6.45) is 0.228. The minimum absolute atomic E-state index is 0.0668. The fraction of sp³-hybridized carbons (Fsp3) is 0.188. The summed E-state index contributed by atoms with van der Waals surface area (Å²) in [4.78, 5) is 28.1. The van der Waals surface area contributed by atoms with Crippen molar-refractivity contribution in [3.05, 3.63) is 130 Å². The number of benzene rings is 4. The molecule has 0 aromatic heterocycles. The third-order valence-corrected chi connectivity index (χ3v) is 6.18. The lowest BCUT2D eigenvalue weighted by molar-refractivity contribution is -0.120. The first kappa shape index (κ1) is 25.7. The molecule has 0 aliphatic carbocycles. The smallest absolute Gasteiger partial charge is 0.258 e. The van der Waals surface area contributed by atoms with E-state index in [2.05, 4.69) is 11.4 Å². The molecule has 0 spiro atoms. The molecule has 0 unspecified atom stereocenters. The van der Waals surface area contributed by atoms with E-state index in [0.29, 0.717) is 24.4 Å². The van der Waals surface area contributed by atoms with Crippen molar-refractivity contribution in [3.8, 4) is 5.75 Å². The van der Waals surface area contributed by atoms with Crippen LogP contribution in [-0.4, -0.2) is 18.9 Å². The zero-order valence-electron chi connectivity index (χ0n) is 21.5. The molecule has 4 rings (SSSR count). The fourth-order valence-electron chi connectivity index (χ4n) is 4.17. The van der Waals surface area contributed by atoms with E-state index in [-0.39, 0.29) is 18.2 Å². The summed E-state index contributed by atoms with van der Waals surface area (Å²) in [5.74, 6) is 0.420. The van der Waals surface area contributed by atoms with Crippen LogP contribution in [0.2, 0.25) is 0 Å². The van der Waals surface area contributed by atoms with E-state index in [1.807, 2.05) is 92.7 Å². The van der Waals surface area contributed by atoms with Crippen molar-refractivity contribution in [2.75, 3.05) is 12.0 Å². The summed E-state index contributed by atoms with van der Waals surface area (Å²) < 4.78 is 5.33. The zero-order valence-corrected chi connectivity index (χ0v) is 21.5. The van der Waals surface area contributed by atoms with Crippen molar-refractivity contribution in [3.63, 3.8) is 0 Å². The molecule has 0 aliphatic heterocycles. The van der Waals surface area contributed by atoms with Crippen LogP contribution in [0.4, 0.5) is 5.69 Å². The Morgan fingerprint density at radius 2 is 1.49 bits per heavy atom. The number of ether oxygens (including phenoxy) is 1. The maximum absolute atomic E-state index is 13.7. The maximum Gasteiger partial charge on any atom is 0.258 e. The molecule has 1 N–H and O–H groups in total. The van der Waals surface area contributed by atoms with Crippen LogP contribution in [-0.2, 0) is 24.3 Å². The highest BCUT2D eigenvalue weighted by molar-refractivity contribution is 6.06. The van der Waals surface area contributed by atoms with Gasteiger partial charge in [0.05, 0.1) is 20.1 Å². The lowest BCUT2D eigenvalue weighted by atomic mass is 10.1. The number of nitrogens with one attached hydrogen (secondary N) is 1. The second-order valence-electron chi connectivity index (χ2n) is 9.22. The number of carbonyl (C=O) groups excluding carboxylic acids is 2. The first-order valence-electron chi connectivity index (χ1n) is 12.3. The SMILES string of the molecule is COc1cccc(C(=O)N(Cc2ccc(C)cc2)c2cccc(CC(=O)NCc3cccc(C)c3)c2)c1. The number of nitrogens with zero attached hydrogens (tertiary/aromatic N) is 1. The molecule has 37 heavy (non-hydrogen) atoms. The zero-order chi connectivity index (χ0) is 26.2. The van der Waals surface area contributed by atoms with Crippen LogP contribution in [0.1, 0.15) is 38.2 Å². The number of aryl methyl sites for hydroxylation is 2. The average Bonchev–Trinajstić information content (AvgIpc) is 2.91. The molecule has 5 heteroatoms. The number of carbonyl (C=O) groups is 2. The summed E-state index contributed by atoms with van der Waals surface area (Å²) >= 11 is 0. The van der Waals surface area contributed by atoms with Gasteiger partial charge in [0.2, 0.25) is 5.91 Å². The van der Waals surface area contributed by atoms with Gasteiger partial charge in [-0.2, -0.15) is 0 Å². The van der Waals surface area contributed by atoms with Crippen LogP contribution < -0.4 is 15.0 Å². The van der Waals surface area contributed by atoms with Gasteiger partial charge >= 0.3 is 0 Å². The van der Waals surface area contributed by atoms with Crippen LogP contribution in [0.25, 0.3) is 0 Å². The van der Waals surface area contributed by atoms with Crippen molar-refractivity contribution >= 4 is 17.5 Å². The van der Waals surface area contributed by atoms with Crippen LogP contribution >= 0.6 is 0 Å². The van der Waals surface area contributed by atoms with Crippen LogP contribution in [0.15, 0.2) is 97.1 Å². The van der Waals surface area contributed by atoms with E-state index in [1.165, 1.54) is 0 Å². The molecule has 0 atom stereocenters. The maximum atomic E-state index is 13.7. The van der Waals surface area contributed by atoms with Gasteiger partial charge in [0.1, 0.15) is 5.75 Å². The Morgan fingerprint density at radius 1 is 0.757 bits per heavy atom. The molecule has 4 aromatic carbocycles. The molecule has 0 saturated heterocycles. The van der Waals surface area contributed by atoms with Gasteiger partial charge in [-0.05, 0) is 60.9 Å². The monoisotopic (exact) mass is 492 g/mol. The lowest BCUT2D eigenvalue weighted by Gasteiger charge is -2.24. The lowest BCUT2D eigenvalue weighted by Crippen LogP contribution is -2.30. The summed E-state index contributed by atoms with van der Waals surface area (Å²) in [6.45, 7) is 4.95. The Hall–Kier alpha value is -4.38. The standard InChI is InChI=1S/C32H32N2O3/c1-23-13-15-25(16-14-23)22-34(32(36)28-10-6-12-30(20-28)37-3)29-11-5-8-26(18-29)19-31(35)33-21-27-9-4-7-24(2)17-27/h4-18,20H,19,21-22H2,1-3H3,(H,33,35). The highest BCUT2D eigenvalue weighted by atomic mass is 16.5. The predicted molar refractivity (Wildman–Crippen MR) is 148 cm³/mol. The molecular formula is C32H32N2O3. The van der Waals surface area contributed by atoms with Crippen LogP contribution in [0.5, 0.6) is 5.75 Å². The quantitative estimate of drug-likeness (QED) is 0.311. The van der Waals surface area contributed by atoms with Gasteiger partial charge < -0.3 is 15.0 Å². The Kier molecular flexibility index (Phi) is 8.37. The summed E-state index contributed by atoms with van der Waals surface area (Å²) in [5.41, 5.74) is 6.51. The molecule has 5 nitrogen and oxygen atoms in total. The van der Waals surface area contributed by atoms with E-state index >= 15 is 0 Å². The topological polar surface area (TPSA) is 58.6 Å². The number of anilines is 1. The Morgan fingerprint density at radius 3 is 2.24 bits per heavy atom. The number of methoxy groups -OCH3 is 1.